The third kappa shape index (κ3) is 4.60. The molecule has 0 spiro atoms. The summed E-state index contributed by atoms with van der Waals surface area (Å²) in [5.41, 5.74) is -0.619. The summed E-state index contributed by atoms with van der Waals surface area (Å²) in [7, 11) is 0. The fourth-order valence-electron chi connectivity index (χ4n) is 2.27. The van der Waals surface area contributed by atoms with Crippen LogP contribution in [0.25, 0.3) is 0 Å². The lowest BCUT2D eigenvalue weighted by Crippen LogP contribution is -2.37. The number of halogens is 3. The number of hydrogen-bond donors (Lipinski definition) is 1. The van der Waals surface area contributed by atoms with Crippen molar-refractivity contribution >= 4 is 23.2 Å². The molecule has 2 aromatic carbocycles. The number of nitrogens with zero attached hydrogens (tertiary/aromatic N) is 2. The van der Waals surface area contributed by atoms with E-state index < -0.39 is 30.1 Å². The summed E-state index contributed by atoms with van der Waals surface area (Å²) < 4.78 is 39.0. The molecule has 0 unspecified atom stereocenters. The van der Waals surface area contributed by atoms with Crippen LogP contribution in [0.15, 0.2) is 48.5 Å². The van der Waals surface area contributed by atoms with Gasteiger partial charge in [0.2, 0.25) is 11.8 Å². The Hall–Kier alpha value is -3.34. The number of nitrogens with one attached hydrogen (secondary N) is 1. The van der Waals surface area contributed by atoms with Gasteiger partial charge in [0, 0.05) is 12.6 Å². The van der Waals surface area contributed by atoms with Crippen LogP contribution in [0.3, 0.4) is 0 Å². The number of carbonyl (C=O) groups excluding carboxylic acids is 2. The molecule has 2 aromatic rings. The number of alkyl halides is 3. The lowest BCUT2D eigenvalue weighted by Gasteiger charge is -2.21. The summed E-state index contributed by atoms with van der Waals surface area (Å²) in [6.07, 6.45) is -4.61. The molecule has 1 N–H and O–H groups in total. The van der Waals surface area contributed by atoms with Crippen LogP contribution >= 0.6 is 0 Å². The Kier molecular flexibility index (Phi) is 5.62. The summed E-state index contributed by atoms with van der Waals surface area (Å²) in [4.78, 5) is 25.1. The van der Waals surface area contributed by atoms with Gasteiger partial charge >= 0.3 is 6.18 Å². The van der Waals surface area contributed by atoms with Gasteiger partial charge in [0.25, 0.3) is 0 Å². The van der Waals surface area contributed by atoms with E-state index in [1.807, 2.05) is 6.07 Å². The van der Waals surface area contributed by atoms with Gasteiger partial charge in [0.05, 0.1) is 22.9 Å². The average Bonchev–Trinajstić information content (AvgIpc) is 2.59. The predicted octanol–water partition coefficient (Wildman–Crippen LogP) is 3.57. The molecule has 26 heavy (non-hydrogen) atoms. The largest absolute Gasteiger partial charge is 0.418 e. The summed E-state index contributed by atoms with van der Waals surface area (Å²) >= 11 is 0. The van der Waals surface area contributed by atoms with E-state index in [4.69, 9.17) is 5.26 Å². The van der Waals surface area contributed by atoms with Gasteiger partial charge in [-0.15, -0.1) is 0 Å². The monoisotopic (exact) mass is 361 g/mol. The van der Waals surface area contributed by atoms with E-state index >= 15 is 0 Å². The van der Waals surface area contributed by atoms with Crippen LogP contribution in [-0.2, 0) is 15.8 Å². The highest BCUT2D eigenvalue weighted by Crippen LogP contribution is 2.34. The molecule has 2 amide bonds. The first-order valence-corrected chi connectivity index (χ1v) is 7.46. The normalized spacial score (nSPS) is 10.7. The van der Waals surface area contributed by atoms with Crippen LogP contribution in [0.4, 0.5) is 24.5 Å². The van der Waals surface area contributed by atoms with E-state index in [9.17, 15) is 22.8 Å². The molecule has 0 aliphatic heterocycles. The molecular weight excluding hydrogens is 347 g/mol. The molecule has 0 bridgehead atoms. The van der Waals surface area contributed by atoms with E-state index in [2.05, 4.69) is 5.32 Å². The van der Waals surface area contributed by atoms with Crippen molar-refractivity contribution in [1.29, 1.82) is 5.26 Å². The van der Waals surface area contributed by atoms with Gasteiger partial charge in [0.15, 0.2) is 0 Å². The minimum absolute atomic E-state index is 0.357. The van der Waals surface area contributed by atoms with Crippen molar-refractivity contribution in [2.24, 2.45) is 0 Å². The minimum Gasteiger partial charge on any atom is -0.324 e. The Balaban J connectivity index is 2.19. The van der Waals surface area contributed by atoms with Crippen molar-refractivity contribution in [3.8, 4) is 6.07 Å². The number of rotatable bonds is 4. The topological polar surface area (TPSA) is 73.2 Å². The lowest BCUT2D eigenvalue weighted by atomic mass is 10.1. The molecule has 0 aromatic heterocycles. The quantitative estimate of drug-likeness (QED) is 0.905. The standard InChI is InChI=1S/C18H14F3N3O2/c1-12(25)24(14-8-6-13(10-22)7-9-14)11-17(26)23-16-5-3-2-4-15(16)18(19,20)21/h2-9H,11H2,1H3,(H,23,26). The van der Waals surface area contributed by atoms with Gasteiger partial charge in [-0.2, -0.15) is 18.4 Å². The molecule has 0 saturated heterocycles. The lowest BCUT2D eigenvalue weighted by molar-refractivity contribution is -0.137. The number of nitriles is 1. The Morgan fingerprint density at radius 3 is 2.27 bits per heavy atom. The molecule has 0 aliphatic rings. The fraction of sp³-hybridized carbons (Fsp3) is 0.167. The van der Waals surface area contributed by atoms with E-state index in [-0.39, 0.29) is 5.69 Å². The van der Waals surface area contributed by atoms with Crippen LogP contribution in [0, 0.1) is 11.3 Å². The van der Waals surface area contributed by atoms with Gasteiger partial charge in [0.1, 0.15) is 6.54 Å². The molecule has 134 valence electrons. The summed E-state index contributed by atoms with van der Waals surface area (Å²) in [6, 6.07) is 12.4. The molecular formula is C18H14F3N3O2. The molecule has 0 aliphatic carbocycles. The van der Waals surface area contributed by atoms with Crippen LogP contribution in [-0.4, -0.2) is 18.4 Å². The molecule has 0 atom stereocenters. The number of amides is 2. The number of carbonyl (C=O) groups is 2. The average molecular weight is 361 g/mol. The first kappa shape index (κ1) is 19.0. The van der Waals surface area contributed by atoms with E-state index in [0.717, 1.165) is 17.0 Å². The second kappa shape index (κ2) is 7.70. The molecule has 0 fully saturated rings. The zero-order valence-corrected chi connectivity index (χ0v) is 13.7. The van der Waals surface area contributed by atoms with Gasteiger partial charge < -0.3 is 10.2 Å². The summed E-state index contributed by atoms with van der Waals surface area (Å²) in [5.74, 6) is -1.24. The highest BCUT2D eigenvalue weighted by Gasteiger charge is 2.33. The van der Waals surface area contributed by atoms with Crippen LogP contribution in [0.1, 0.15) is 18.1 Å². The fourth-order valence-corrected chi connectivity index (χ4v) is 2.27. The number of para-hydroxylation sites is 1. The Morgan fingerprint density at radius 2 is 1.73 bits per heavy atom. The van der Waals surface area contributed by atoms with Crippen LogP contribution < -0.4 is 10.2 Å². The highest BCUT2D eigenvalue weighted by molar-refractivity contribution is 6.02. The van der Waals surface area contributed by atoms with Crippen molar-refractivity contribution in [3.05, 3.63) is 59.7 Å². The Labute approximate surface area is 147 Å². The zero-order valence-electron chi connectivity index (χ0n) is 13.7. The van der Waals surface area contributed by atoms with Crippen LogP contribution in [0.5, 0.6) is 0 Å². The second-order valence-electron chi connectivity index (χ2n) is 5.36. The third-order valence-corrected chi connectivity index (χ3v) is 3.50. The van der Waals surface area contributed by atoms with E-state index in [1.54, 1.807) is 0 Å². The molecule has 2 rings (SSSR count). The highest BCUT2D eigenvalue weighted by atomic mass is 19.4. The Bertz CT molecular complexity index is 855. The second-order valence-corrected chi connectivity index (χ2v) is 5.36. The van der Waals surface area contributed by atoms with Crippen molar-refractivity contribution < 1.29 is 22.8 Å². The third-order valence-electron chi connectivity index (χ3n) is 3.50. The van der Waals surface area contributed by atoms with E-state index in [0.29, 0.717) is 11.3 Å². The van der Waals surface area contributed by atoms with Crippen molar-refractivity contribution in [2.75, 3.05) is 16.8 Å². The molecule has 8 heteroatoms. The number of hydrogen-bond acceptors (Lipinski definition) is 3. The Morgan fingerprint density at radius 1 is 1.12 bits per heavy atom. The van der Waals surface area contributed by atoms with Gasteiger partial charge in [-0.3, -0.25) is 9.59 Å². The smallest absolute Gasteiger partial charge is 0.324 e. The summed E-state index contributed by atoms with van der Waals surface area (Å²) in [5, 5.41) is 11.0. The molecule has 5 nitrogen and oxygen atoms in total. The maximum Gasteiger partial charge on any atom is 0.418 e. The van der Waals surface area contributed by atoms with Crippen molar-refractivity contribution in [1.82, 2.24) is 0 Å². The zero-order chi connectivity index (χ0) is 19.3. The molecule has 0 heterocycles. The van der Waals surface area contributed by atoms with E-state index in [1.165, 1.54) is 43.3 Å². The minimum atomic E-state index is -4.61. The summed E-state index contributed by atoms with van der Waals surface area (Å²) in [6.45, 7) is 0.766. The SMILES string of the molecule is CC(=O)N(CC(=O)Nc1ccccc1C(F)(F)F)c1ccc(C#N)cc1. The van der Waals surface area contributed by atoms with Gasteiger partial charge in [-0.25, -0.2) is 0 Å². The molecule has 0 saturated carbocycles. The first-order valence-electron chi connectivity index (χ1n) is 7.46. The maximum absolute atomic E-state index is 13.0. The number of anilines is 2. The first-order chi connectivity index (χ1) is 12.2. The van der Waals surface area contributed by atoms with Crippen LogP contribution in [0.2, 0.25) is 0 Å². The number of benzene rings is 2. The maximum atomic E-state index is 13.0. The van der Waals surface area contributed by atoms with Crippen molar-refractivity contribution in [3.63, 3.8) is 0 Å². The van der Waals surface area contributed by atoms with Gasteiger partial charge in [-0.05, 0) is 36.4 Å². The van der Waals surface area contributed by atoms with Gasteiger partial charge in [-0.1, -0.05) is 12.1 Å². The molecule has 0 radical (unpaired) electrons. The van der Waals surface area contributed by atoms with Crippen molar-refractivity contribution in [2.45, 2.75) is 13.1 Å². The predicted molar refractivity (Wildman–Crippen MR) is 89.3 cm³/mol.